The fourth-order valence-corrected chi connectivity index (χ4v) is 5.28. The number of thiazole rings is 1. The lowest BCUT2D eigenvalue weighted by Crippen LogP contribution is -2.36. The average molecular weight is 494 g/mol. The molecule has 2 amide bonds. The van der Waals surface area contributed by atoms with Gasteiger partial charge in [0.05, 0.1) is 41.0 Å². The number of methoxy groups -OCH3 is 1. The van der Waals surface area contributed by atoms with E-state index in [1.54, 1.807) is 29.7 Å². The molecule has 2 heterocycles. The minimum atomic E-state index is -0.480. The molecule has 0 spiro atoms. The van der Waals surface area contributed by atoms with Crippen LogP contribution in [0.25, 0.3) is 10.2 Å². The van der Waals surface area contributed by atoms with Gasteiger partial charge in [-0.15, -0.1) is 11.8 Å². The Kier molecular flexibility index (Phi) is 9.07. The summed E-state index contributed by atoms with van der Waals surface area (Å²) in [7, 11) is 1.30. The lowest BCUT2D eigenvalue weighted by atomic mass is 10.1. The van der Waals surface area contributed by atoms with Crippen molar-refractivity contribution in [1.29, 1.82) is 0 Å². The number of hydrogen-bond acceptors (Lipinski definition) is 8. The smallest absolute Gasteiger partial charge is 0.337 e. The van der Waals surface area contributed by atoms with E-state index in [-0.39, 0.29) is 30.6 Å². The number of esters is 2. The molecule has 1 aliphatic heterocycles. The fourth-order valence-electron chi connectivity index (χ4n) is 3.49. The molecule has 0 atom stereocenters. The van der Waals surface area contributed by atoms with E-state index < -0.39 is 17.8 Å². The Labute approximate surface area is 199 Å². The average Bonchev–Trinajstić information content (AvgIpc) is 3.14. The summed E-state index contributed by atoms with van der Waals surface area (Å²) < 4.78 is 12.1. The number of aromatic nitrogens is 1. The van der Waals surface area contributed by atoms with Crippen molar-refractivity contribution in [3.63, 3.8) is 0 Å². The first-order valence-electron chi connectivity index (χ1n) is 10.7. The number of rotatable bonds is 8. The van der Waals surface area contributed by atoms with Crippen LogP contribution in [0.1, 0.15) is 36.5 Å². The predicted octanol–water partition coefficient (Wildman–Crippen LogP) is 2.23. The zero-order chi connectivity index (χ0) is 23.8. The number of fused-ring (bicyclic) bond motifs is 1. The lowest BCUT2D eigenvalue weighted by Gasteiger charge is -2.26. The summed E-state index contributed by atoms with van der Waals surface area (Å²) in [5.41, 5.74) is 1.01. The van der Waals surface area contributed by atoms with Crippen molar-refractivity contribution >= 4 is 57.1 Å². The molecule has 3 rings (SSSR count). The molecular weight excluding hydrogens is 466 g/mol. The van der Waals surface area contributed by atoms with Crippen molar-refractivity contribution in [3.8, 4) is 0 Å². The standard InChI is InChI=1S/C22H27N3O6S2/c1-3-31-20(28)12-25-16-8-7-15(21(29)30-2)11-17(16)33-22(25)23-18(26)13-32-14-19(27)24-9-5-4-6-10-24/h7-8,11H,3-6,9-10,12-14H2,1-2H3. The molecule has 0 N–H and O–H groups in total. The van der Waals surface area contributed by atoms with Crippen LogP contribution in [0.5, 0.6) is 0 Å². The van der Waals surface area contributed by atoms with E-state index in [1.165, 1.54) is 30.2 Å². The van der Waals surface area contributed by atoms with Gasteiger partial charge in [0.1, 0.15) is 6.54 Å². The molecule has 0 saturated carbocycles. The lowest BCUT2D eigenvalue weighted by molar-refractivity contribution is -0.143. The Morgan fingerprint density at radius 3 is 2.58 bits per heavy atom. The quantitative estimate of drug-likeness (QED) is 0.519. The SMILES string of the molecule is CCOC(=O)Cn1c(=NC(=O)CSCC(=O)N2CCCCC2)sc2cc(C(=O)OC)ccc21. The normalized spacial score (nSPS) is 14.4. The number of ether oxygens (including phenoxy) is 2. The number of likely N-dealkylation sites (tertiary alicyclic amines) is 1. The number of amides is 2. The summed E-state index contributed by atoms with van der Waals surface area (Å²) in [6.45, 7) is 3.40. The predicted molar refractivity (Wildman–Crippen MR) is 126 cm³/mol. The molecule has 2 aromatic rings. The van der Waals surface area contributed by atoms with Crippen LogP contribution in [0, 0.1) is 0 Å². The molecule has 0 radical (unpaired) electrons. The van der Waals surface area contributed by atoms with Gasteiger partial charge in [0.25, 0.3) is 5.91 Å². The van der Waals surface area contributed by atoms with Gasteiger partial charge in [0.2, 0.25) is 5.91 Å². The molecule has 0 bridgehead atoms. The Morgan fingerprint density at radius 2 is 1.88 bits per heavy atom. The molecule has 1 aromatic carbocycles. The molecule has 1 aromatic heterocycles. The fraction of sp³-hybridized carbons (Fsp3) is 0.500. The Balaban J connectivity index is 1.78. The third-order valence-electron chi connectivity index (χ3n) is 5.08. The molecule has 33 heavy (non-hydrogen) atoms. The zero-order valence-electron chi connectivity index (χ0n) is 18.7. The Hall–Kier alpha value is -2.66. The summed E-state index contributed by atoms with van der Waals surface area (Å²) in [5.74, 6) is -0.998. The largest absolute Gasteiger partial charge is 0.465 e. The van der Waals surface area contributed by atoms with E-state index in [1.807, 2.05) is 4.90 Å². The van der Waals surface area contributed by atoms with Gasteiger partial charge < -0.3 is 18.9 Å². The number of carbonyl (C=O) groups excluding carboxylic acids is 4. The molecule has 1 fully saturated rings. The molecule has 9 nitrogen and oxygen atoms in total. The summed E-state index contributed by atoms with van der Waals surface area (Å²) in [6.07, 6.45) is 3.19. The van der Waals surface area contributed by atoms with Gasteiger partial charge in [-0.05, 0) is 44.4 Å². The first-order chi connectivity index (χ1) is 15.9. The van der Waals surface area contributed by atoms with Crippen LogP contribution in [0.3, 0.4) is 0 Å². The highest BCUT2D eigenvalue weighted by Crippen LogP contribution is 2.20. The topological polar surface area (TPSA) is 107 Å². The third kappa shape index (κ3) is 6.67. The van der Waals surface area contributed by atoms with Crippen LogP contribution in [0.4, 0.5) is 0 Å². The second-order valence-corrected chi connectivity index (χ2v) is 9.38. The van der Waals surface area contributed by atoms with E-state index in [0.717, 1.165) is 32.4 Å². The molecule has 178 valence electrons. The van der Waals surface area contributed by atoms with Crippen LogP contribution in [0.2, 0.25) is 0 Å². The van der Waals surface area contributed by atoms with Crippen LogP contribution < -0.4 is 4.80 Å². The second-order valence-electron chi connectivity index (χ2n) is 7.39. The highest BCUT2D eigenvalue weighted by atomic mass is 32.2. The van der Waals surface area contributed by atoms with Crippen molar-refractivity contribution in [2.45, 2.75) is 32.7 Å². The molecule has 1 saturated heterocycles. The van der Waals surface area contributed by atoms with E-state index >= 15 is 0 Å². The van der Waals surface area contributed by atoms with Crippen LogP contribution in [-0.2, 0) is 30.4 Å². The maximum absolute atomic E-state index is 12.5. The van der Waals surface area contributed by atoms with Crippen LogP contribution >= 0.6 is 23.1 Å². The highest BCUT2D eigenvalue weighted by molar-refractivity contribution is 8.00. The number of benzene rings is 1. The molecule has 0 unspecified atom stereocenters. The summed E-state index contributed by atoms with van der Waals surface area (Å²) >= 11 is 2.43. The van der Waals surface area contributed by atoms with Crippen LogP contribution in [-0.4, -0.2) is 71.5 Å². The van der Waals surface area contributed by atoms with Gasteiger partial charge in [0.15, 0.2) is 4.80 Å². The van der Waals surface area contributed by atoms with Gasteiger partial charge in [-0.3, -0.25) is 14.4 Å². The van der Waals surface area contributed by atoms with Crippen molar-refractivity contribution in [2.24, 2.45) is 4.99 Å². The Bertz CT molecular complexity index is 1100. The summed E-state index contributed by atoms with van der Waals surface area (Å²) in [6, 6.07) is 4.92. The Morgan fingerprint density at radius 1 is 1.12 bits per heavy atom. The van der Waals surface area contributed by atoms with Crippen molar-refractivity contribution < 1.29 is 28.7 Å². The molecule has 1 aliphatic rings. The van der Waals surface area contributed by atoms with E-state index in [9.17, 15) is 19.2 Å². The van der Waals surface area contributed by atoms with Gasteiger partial charge in [-0.1, -0.05) is 11.3 Å². The molecular formula is C22H27N3O6S2. The molecule has 11 heteroatoms. The number of carbonyl (C=O) groups is 4. The van der Waals surface area contributed by atoms with Gasteiger partial charge in [-0.2, -0.15) is 4.99 Å². The number of nitrogens with zero attached hydrogens (tertiary/aromatic N) is 3. The van der Waals surface area contributed by atoms with Crippen molar-refractivity contribution in [1.82, 2.24) is 9.47 Å². The van der Waals surface area contributed by atoms with Crippen molar-refractivity contribution in [2.75, 3.05) is 38.3 Å². The highest BCUT2D eigenvalue weighted by Gasteiger charge is 2.17. The zero-order valence-corrected chi connectivity index (χ0v) is 20.3. The van der Waals surface area contributed by atoms with Gasteiger partial charge >= 0.3 is 11.9 Å². The summed E-state index contributed by atoms with van der Waals surface area (Å²) in [4.78, 5) is 55.1. The van der Waals surface area contributed by atoms with Crippen molar-refractivity contribution in [3.05, 3.63) is 28.6 Å². The maximum atomic E-state index is 12.5. The van der Waals surface area contributed by atoms with Gasteiger partial charge in [-0.25, -0.2) is 4.79 Å². The first kappa shape index (κ1) is 25.0. The summed E-state index contributed by atoms with van der Waals surface area (Å²) in [5, 5.41) is 0. The number of thioether (sulfide) groups is 1. The van der Waals surface area contributed by atoms with Crippen LogP contribution in [0.15, 0.2) is 23.2 Å². The van der Waals surface area contributed by atoms with E-state index in [0.29, 0.717) is 20.6 Å². The molecule has 0 aliphatic carbocycles. The number of hydrogen-bond donors (Lipinski definition) is 0. The minimum Gasteiger partial charge on any atom is -0.465 e. The second kappa shape index (κ2) is 12.0. The minimum absolute atomic E-state index is 0.0436. The van der Waals surface area contributed by atoms with E-state index in [4.69, 9.17) is 9.47 Å². The maximum Gasteiger partial charge on any atom is 0.337 e. The first-order valence-corrected chi connectivity index (χ1v) is 12.7. The van der Waals surface area contributed by atoms with E-state index in [2.05, 4.69) is 4.99 Å². The number of piperidine rings is 1. The van der Waals surface area contributed by atoms with Gasteiger partial charge in [0, 0.05) is 13.1 Å². The third-order valence-corrected chi connectivity index (χ3v) is 7.02. The monoisotopic (exact) mass is 493 g/mol.